The van der Waals surface area contributed by atoms with Crippen LogP contribution in [0.4, 0.5) is 4.39 Å². The van der Waals surface area contributed by atoms with Crippen LogP contribution in [-0.4, -0.2) is 6.54 Å². The first kappa shape index (κ1) is 13.8. The Kier molecular flexibility index (Phi) is 4.74. The van der Waals surface area contributed by atoms with Gasteiger partial charge in [-0.25, -0.2) is 4.39 Å². The summed E-state index contributed by atoms with van der Waals surface area (Å²) in [5, 5.41) is 3.41. The summed E-state index contributed by atoms with van der Waals surface area (Å²) < 4.78 is 19.1. The van der Waals surface area contributed by atoms with Crippen molar-refractivity contribution in [2.45, 2.75) is 32.7 Å². The molecule has 2 nitrogen and oxygen atoms in total. The smallest absolute Gasteiger partial charge is 0.128 e. The molecular formula is C16H20FNO. The first-order valence-corrected chi connectivity index (χ1v) is 6.71. The SMILES string of the molecule is CCCNC(Cc1ccoc1)c1cc(C)ccc1F. The monoisotopic (exact) mass is 261 g/mol. The van der Waals surface area contributed by atoms with E-state index in [0.29, 0.717) is 0 Å². The molecule has 0 aliphatic heterocycles. The van der Waals surface area contributed by atoms with E-state index >= 15 is 0 Å². The molecule has 1 aromatic carbocycles. The minimum atomic E-state index is -0.150. The normalized spacial score (nSPS) is 12.6. The summed E-state index contributed by atoms with van der Waals surface area (Å²) in [4.78, 5) is 0. The highest BCUT2D eigenvalue weighted by Gasteiger charge is 2.16. The third-order valence-corrected chi connectivity index (χ3v) is 3.19. The van der Waals surface area contributed by atoms with E-state index < -0.39 is 0 Å². The topological polar surface area (TPSA) is 25.2 Å². The Labute approximate surface area is 113 Å². The lowest BCUT2D eigenvalue weighted by atomic mass is 9.98. The molecule has 0 aliphatic rings. The second-order valence-corrected chi connectivity index (χ2v) is 4.87. The van der Waals surface area contributed by atoms with Crippen LogP contribution in [0.5, 0.6) is 0 Å². The van der Waals surface area contributed by atoms with E-state index in [1.807, 2.05) is 19.1 Å². The molecule has 19 heavy (non-hydrogen) atoms. The number of halogens is 1. The van der Waals surface area contributed by atoms with Gasteiger partial charge in [0, 0.05) is 11.6 Å². The van der Waals surface area contributed by atoms with Crippen molar-refractivity contribution in [1.82, 2.24) is 5.32 Å². The Morgan fingerprint density at radius 1 is 1.32 bits per heavy atom. The minimum absolute atomic E-state index is 0.0163. The summed E-state index contributed by atoms with van der Waals surface area (Å²) in [6, 6.07) is 7.17. The van der Waals surface area contributed by atoms with Gasteiger partial charge in [-0.1, -0.05) is 24.6 Å². The molecular weight excluding hydrogens is 241 g/mol. The van der Waals surface area contributed by atoms with Gasteiger partial charge in [0.2, 0.25) is 0 Å². The Bertz CT molecular complexity index is 507. The summed E-state index contributed by atoms with van der Waals surface area (Å²) in [6.07, 6.45) is 5.12. The first-order valence-electron chi connectivity index (χ1n) is 6.71. The van der Waals surface area contributed by atoms with E-state index in [4.69, 9.17) is 4.42 Å². The lowest BCUT2D eigenvalue weighted by Gasteiger charge is -2.19. The Morgan fingerprint density at radius 3 is 2.84 bits per heavy atom. The fourth-order valence-electron chi connectivity index (χ4n) is 2.19. The fourth-order valence-corrected chi connectivity index (χ4v) is 2.19. The average Bonchev–Trinajstić information content (AvgIpc) is 2.90. The van der Waals surface area contributed by atoms with E-state index in [9.17, 15) is 4.39 Å². The quantitative estimate of drug-likeness (QED) is 0.850. The van der Waals surface area contributed by atoms with Crippen LogP contribution in [0.15, 0.2) is 41.2 Å². The highest BCUT2D eigenvalue weighted by molar-refractivity contribution is 5.28. The molecule has 2 aromatic rings. The van der Waals surface area contributed by atoms with Gasteiger partial charge in [-0.2, -0.15) is 0 Å². The van der Waals surface area contributed by atoms with Crippen molar-refractivity contribution in [3.05, 3.63) is 59.3 Å². The standard InChI is InChI=1S/C16H20FNO/c1-3-7-18-16(10-13-6-8-19-11-13)14-9-12(2)4-5-15(14)17/h4-6,8-9,11,16,18H,3,7,10H2,1-2H3. The maximum absolute atomic E-state index is 14.0. The zero-order valence-electron chi connectivity index (χ0n) is 11.4. The summed E-state index contributed by atoms with van der Waals surface area (Å²) in [5.41, 5.74) is 2.89. The molecule has 1 atom stereocenters. The molecule has 0 amide bonds. The van der Waals surface area contributed by atoms with Gasteiger partial charge >= 0.3 is 0 Å². The number of aryl methyl sites for hydroxylation is 1. The summed E-state index contributed by atoms with van der Waals surface area (Å²) in [7, 11) is 0. The van der Waals surface area contributed by atoms with Gasteiger partial charge in [0.05, 0.1) is 12.5 Å². The van der Waals surface area contributed by atoms with Gasteiger partial charge in [-0.3, -0.25) is 0 Å². The maximum Gasteiger partial charge on any atom is 0.128 e. The minimum Gasteiger partial charge on any atom is -0.472 e. The van der Waals surface area contributed by atoms with Crippen LogP contribution in [-0.2, 0) is 6.42 Å². The van der Waals surface area contributed by atoms with Gasteiger partial charge in [-0.05, 0) is 44.0 Å². The molecule has 1 unspecified atom stereocenters. The molecule has 0 aliphatic carbocycles. The van der Waals surface area contributed by atoms with E-state index in [2.05, 4.69) is 12.2 Å². The Morgan fingerprint density at radius 2 is 2.16 bits per heavy atom. The van der Waals surface area contributed by atoms with Crippen LogP contribution in [0.25, 0.3) is 0 Å². The molecule has 3 heteroatoms. The molecule has 0 saturated heterocycles. The van der Waals surface area contributed by atoms with Crippen molar-refractivity contribution >= 4 is 0 Å². The van der Waals surface area contributed by atoms with Crippen LogP contribution < -0.4 is 5.32 Å². The van der Waals surface area contributed by atoms with Crippen molar-refractivity contribution in [3.8, 4) is 0 Å². The van der Waals surface area contributed by atoms with Crippen molar-refractivity contribution in [2.75, 3.05) is 6.54 Å². The van der Waals surface area contributed by atoms with E-state index in [1.165, 1.54) is 0 Å². The zero-order chi connectivity index (χ0) is 13.7. The number of hydrogen-bond donors (Lipinski definition) is 1. The highest BCUT2D eigenvalue weighted by Crippen LogP contribution is 2.22. The summed E-state index contributed by atoms with van der Waals surface area (Å²) in [6.45, 7) is 4.96. The maximum atomic E-state index is 14.0. The van der Waals surface area contributed by atoms with Crippen molar-refractivity contribution in [3.63, 3.8) is 0 Å². The third-order valence-electron chi connectivity index (χ3n) is 3.19. The fraction of sp³-hybridized carbons (Fsp3) is 0.375. The van der Waals surface area contributed by atoms with Crippen LogP contribution in [0, 0.1) is 12.7 Å². The first-order chi connectivity index (χ1) is 9.20. The van der Waals surface area contributed by atoms with Crippen molar-refractivity contribution < 1.29 is 8.81 Å². The lowest BCUT2D eigenvalue weighted by Crippen LogP contribution is -2.25. The lowest BCUT2D eigenvalue weighted by molar-refractivity contribution is 0.492. The largest absolute Gasteiger partial charge is 0.472 e. The number of hydrogen-bond acceptors (Lipinski definition) is 2. The molecule has 0 spiro atoms. The molecule has 0 radical (unpaired) electrons. The number of benzene rings is 1. The van der Waals surface area contributed by atoms with Crippen molar-refractivity contribution in [1.29, 1.82) is 0 Å². The van der Waals surface area contributed by atoms with E-state index in [1.54, 1.807) is 24.7 Å². The predicted molar refractivity (Wildman–Crippen MR) is 74.6 cm³/mol. The van der Waals surface area contributed by atoms with E-state index in [-0.39, 0.29) is 11.9 Å². The van der Waals surface area contributed by atoms with Crippen LogP contribution in [0.3, 0.4) is 0 Å². The van der Waals surface area contributed by atoms with Gasteiger partial charge < -0.3 is 9.73 Å². The molecule has 1 N–H and O–H groups in total. The Hall–Kier alpha value is -1.61. The van der Waals surface area contributed by atoms with Crippen LogP contribution in [0.1, 0.15) is 36.1 Å². The molecule has 0 bridgehead atoms. The van der Waals surface area contributed by atoms with Crippen LogP contribution in [0.2, 0.25) is 0 Å². The van der Waals surface area contributed by atoms with Gasteiger partial charge in [0.15, 0.2) is 0 Å². The second kappa shape index (κ2) is 6.53. The summed E-state index contributed by atoms with van der Waals surface area (Å²) >= 11 is 0. The molecule has 1 heterocycles. The second-order valence-electron chi connectivity index (χ2n) is 4.87. The van der Waals surface area contributed by atoms with Gasteiger partial charge in [0.25, 0.3) is 0 Å². The summed E-state index contributed by atoms with van der Waals surface area (Å²) in [5.74, 6) is -0.150. The number of rotatable bonds is 6. The molecule has 1 aromatic heterocycles. The zero-order valence-corrected chi connectivity index (χ0v) is 11.4. The Balaban J connectivity index is 2.23. The highest BCUT2D eigenvalue weighted by atomic mass is 19.1. The number of nitrogens with one attached hydrogen (secondary N) is 1. The molecule has 0 fully saturated rings. The molecule has 102 valence electrons. The third kappa shape index (κ3) is 3.67. The molecule has 0 saturated carbocycles. The van der Waals surface area contributed by atoms with Crippen molar-refractivity contribution in [2.24, 2.45) is 0 Å². The molecule has 2 rings (SSSR count). The van der Waals surface area contributed by atoms with Crippen LogP contribution >= 0.6 is 0 Å². The van der Waals surface area contributed by atoms with Gasteiger partial charge in [-0.15, -0.1) is 0 Å². The predicted octanol–water partition coefficient (Wildman–Crippen LogP) is 4.01. The van der Waals surface area contributed by atoms with Gasteiger partial charge in [0.1, 0.15) is 5.82 Å². The van der Waals surface area contributed by atoms with E-state index in [0.717, 1.165) is 36.1 Å². The average molecular weight is 261 g/mol. The number of furan rings is 1.